The van der Waals surface area contributed by atoms with E-state index >= 15 is 0 Å². The summed E-state index contributed by atoms with van der Waals surface area (Å²) in [4.78, 5) is 12.8. The smallest absolute Gasteiger partial charge is 0.173 e. The molecular weight excluding hydrogens is 274 g/mol. The monoisotopic (exact) mass is 287 g/mol. The molecular formula is C11H14BrNOS. The van der Waals surface area contributed by atoms with Gasteiger partial charge in [0, 0.05) is 16.3 Å². The first-order chi connectivity index (χ1) is 7.25. The molecule has 0 bridgehead atoms. The summed E-state index contributed by atoms with van der Waals surface area (Å²) in [7, 11) is 0. The molecule has 0 radical (unpaired) electrons. The first-order valence-corrected chi connectivity index (χ1v) is 6.91. The number of Topliss-reactive ketones (excluding diaryl/α,β-unsaturated/α-hetero) is 1. The Morgan fingerprint density at radius 1 is 1.53 bits per heavy atom. The van der Waals surface area contributed by atoms with Gasteiger partial charge < -0.3 is 5.32 Å². The van der Waals surface area contributed by atoms with Gasteiger partial charge in [0.15, 0.2) is 5.78 Å². The lowest BCUT2D eigenvalue weighted by atomic mass is 9.92. The van der Waals surface area contributed by atoms with Gasteiger partial charge in [0.05, 0.1) is 4.88 Å². The highest BCUT2D eigenvalue weighted by Crippen LogP contribution is 2.24. The molecule has 0 atom stereocenters. The van der Waals surface area contributed by atoms with Crippen LogP contribution in [0.3, 0.4) is 0 Å². The van der Waals surface area contributed by atoms with Gasteiger partial charge in [-0.25, -0.2) is 0 Å². The number of nitrogens with one attached hydrogen (secondary N) is 1. The average Bonchev–Trinajstić information content (AvgIpc) is 2.66. The third-order valence-electron chi connectivity index (χ3n) is 2.78. The molecule has 0 spiro atoms. The molecule has 0 amide bonds. The summed E-state index contributed by atoms with van der Waals surface area (Å²) in [5, 5.41) is 5.28. The van der Waals surface area contributed by atoms with Crippen molar-refractivity contribution in [3.63, 3.8) is 0 Å². The molecule has 0 aromatic carbocycles. The van der Waals surface area contributed by atoms with Crippen LogP contribution in [0.4, 0.5) is 0 Å². The molecule has 1 fully saturated rings. The molecule has 15 heavy (non-hydrogen) atoms. The summed E-state index contributed by atoms with van der Waals surface area (Å²) in [6, 6.07) is 1.92. The minimum Gasteiger partial charge on any atom is -0.317 e. The first kappa shape index (κ1) is 11.3. The van der Waals surface area contributed by atoms with Crippen molar-refractivity contribution in [1.29, 1.82) is 0 Å². The Kier molecular flexibility index (Phi) is 3.94. The van der Waals surface area contributed by atoms with Crippen molar-refractivity contribution in [1.82, 2.24) is 5.32 Å². The van der Waals surface area contributed by atoms with Crippen molar-refractivity contribution in [2.75, 3.05) is 13.1 Å². The van der Waals surface area contributed by atoms with E-state index in [1.165, 1.54) is 11.3 Å². The number of rotatable bonds is 3. The lowest BCUT2D eigenvalue weighted by Gasteiger charge is -2.21. The topological polar surface area (TPSA) is 29.1 Å². The van der Waals surface area contributed by atoms with Gasteiger partial charge >= 0.3 is 0 Å². The molecule has 1 aromatic heterocycles. The number of piperidine rings is 1. The van der Waals surface area contributed by atoms with E-state index in [0.717, 1.165) is 35.3 Å². The highest BCUT2D eigenvalue weighted by atomic mass is 79.9. The van der Waals surface area contributed by atoms with Crippen molar-refractivity contribution in [3.8, 4) is 0 Å². The van der Waals surface area contributed by atoms with E-state index in [2.05, 4.69) is 21.2 Å². The van der Waals surface area contributed by atoms with Crippen LogP contribution >= 0.6 is 27.3 Å². The number of hydrogen-bond acceptors (Lipinski definition) is 3. The van der Waals surface area contributed by atoms with E-state index in [0.29, 0.717) is 18.1 Å². The average molecular weight is 288 g/mol. The van der Waals surface area contributed by atoms with Crippen molar-refractivity contribution >= 4 is 33.0 Å². The van der Waals surface area contributed by atoms with E-state index in [4.69, 9.17) is 0 Å². The minimum absolute atomic E-state index is 0.303. The summed E-state index contributed by atoms with van der Waals surface area (Å²) in [6.07, 6.45) is 2.99. The maximum Gasteiger partial charge on any atom is 0.173 e. The van der Waals surface area contributed by atoms with Crippen LogP contribution in [0.15, 0.2) is 15.9 Å². The van der Waals surface area contributed by atoms with Gasteiger partial charge in [-0.3, -0.25) is 4.79 Å². The van der Waals surface area contributed by atoms with Gasteiger partial charge in [0.25, 0.3) is 0 Å². The number of carbonyl (C=O) groups excluding carboxylic acids is 1. The van der Waals surface area contributed by atoms with Gasteiger partial charge in [0.1, 0.15) is 0 Å². The summed E-state index contributed by atoms with van der Waals surface area (Å²) in [5.74, 6) is 0.886. The molecule has 1 aromatic rings. The molecule has 0 aliphatic carbocycles. The highest BCUT2D eigenvalue weighted by Gasteiger charge is 2.18. The molecule has 1 aliphatic rings. The van der Waals surface area contributed by atoms with Crippen molar-refractivity contribution in [2.45, 2.75) is 19.3 Å². The Hall–Kier alpha value is -0.190. The molecule has 2 nitrogen and oxygen atoms in total. The second-order valence-electron chi connectivity index (χ2n) is 3.95. The Morgan fingerprint density at radius 3 is 2.87 bits per heavy atom. The Morgan fingerprint density at radius 2 is 2.27 bits per heavy atom. The maximum atomic E-state index is 11.9. The predicted molar refractivity (Wildman–Crippen MR) is 66.6 cm³/mol. The van der Waals surface area contributed by atoms with Gasteiger partial charge in [0.2, 0.25) is 0 Å². The molecule has 1 aliphatic heterocycles. The third kappa shape index (κ3) is 3.13. The third-order valence-corrected chi connectivity index (χ3v) is 4.51. The molecule has 1 N–H and O–H groups in total. The van der Waals surface area contributed by atoms with Crippen LogP contribution in [-0.4, -0.2) is 18.9 Å². The fourth-order valence-corrected chi connectivity index (χ4v) is 3.29. The minimum atomic E-state index is 0.303. The lowest BCUT2D eigenvalue weighted by molar-refractivity contribution is 0.0956. The molecule has 0 saturated carbocycles. The summed E-state index contributed by atoms with van der Waals surface area (Å²) < 4.78 is 1.01. The van der Waals surface area contributed by atoms with Crippen molar-refractivity contribution in [3.05, 3.63) is 20.8 Å². The summed E-state index contributed by atoms with van der Waals surface area (Å²) in [5.41, 5.74) is 0. The van der Waals surface area contributed by atoms with Crippen LogP contribution in [0.5, 0.6) is 0 Å². The van der Waals surface area contributed by atoms with E-state index in [-0.39, 0.29) is 0 Å². The van der Waals surface area contributed by atoms with Gasteiger partial charge in [-0.05, 0) is 53.8 Å². The molecule has 2 heterocycles. The van der Waals surface area contributed by atoms with Crippen LogP contribution in [0, 0.1) is 5.92 Å². The molecule has 4 heteroatoms. The molecule has 2 rings (SSSR count). The van der Waals surface area contributed by atoms with Crippen LogP contribution in [-0.2, 0) is 0 Å². The zero-order valence-electron chi connectivity index (χ0n) is 8.46. The van der Waals surface area contributed by atoms with Gasteiger partial charge in [-0.2, -0.15) is 0 Å². The second kappa shape index (κ2) is 5.23. The van der Waals surface area contributed by atoms with Crippen LogP contribution in [0.2, 0.25) is 0 Å². The molecule has 82 valence electrons. The lowest BCUT2D eigenvalue weighted by Crippen LogP contribution is -2.28. The van der Waals surface area contributed by atoms with Crippen LogP contribution in [0.1, 0.15) is 28.9 Å². The number of thiophene rings is 1. The second-order valence-corrected chi connectivity index (χ2v) is 5.78. The normalized spacial score (nSPS) is 17.9. The van der Waals surface area contributed by atoms with Crippen molar-refractivity contribution in [2.24, 2.45) is 5.92 Å². The van der Waals surface area contributed by atoms with E-state index < -0.39 is 0 Å². The number of halogens is 1. The number of ketones is 1. The fraction of sp³-hybridized carbons (Fsp3) is 0.545. The van der Waals surface area contributed by atoms with Crippen LogP contribution < -0.4 is 5.32 Å². The Bertz CT molecular complexity index is 344. The standard InChI is InChI=1S/C11H14BrNOS/c12-9-6-11(15-7-9)10(14)5-8-1-3-13-4-2-8/h6-8,13H,1-5H2. The summed E-state index contributed by atoms with van der Waals surface area (Å²) in [6.45, 7) is 2.12. The quantitative estimate of drug-likeness (QED) is 0.866. The van der Waals surface area contributed by atoms with E-state index in [1.807, 2.05) is 11.4 Å². The highest BCUT2D eigenvalue weighted by molar-refractivity contribution is 9.10. The number of carbonyl (C=O) groups is 1. The summed E-state index contributed by atoms with van der Waals surface area (Å²) >= 11 is 4.91. The van der Waals surface area contributed by atoms with E-state index in [9.17, 15) is 4.79 Å². The maximum absolute atomic E-state index is 11.9. The van der Waals surface area contributed by atoms with Crippen LogP contribution in [0.25, 0.3) is 0 Å². The molecule has 1 saturated heterocycles. The van der Waals surface area contributed by atoms with Crippen molar-refractivity contribution < 1.29 is 4.79 Å². The zero-order valence-corrected chi connectivity index (χ0v) is 10.9. The Balaban J connectivity index is 1.91. The molecule has 0 unspecified atom stereocenters. The Labute approximate surface area is 102 Å². The zero-order chi connectivity index (χ0) is 10.7. The first-order valence-electron chi connectivity index (χ1n) is 5.23. The fourth-order valence-electron chi connectivity index (χ4n) is 1.91. The predicted octanol–water partition coefficient (Wildman–Crippen LogP) is 3.08. The number of hydrogen-bond donors (Lipinski definition) is 1. The largest absolute Gasteiger partial charge is 0.317 e. The van der Waals surface area contributed by atoms with Gasteiger partial charge in [-0.1, -0.05) is 0 Å². The van der Waals surface area contributed by atoms with E-state index in [1.54, 1.807) is 0 Å². The SMILES string of the molecule is O=C(CC1CCNCC1)c1cc(Br)cs1. The van der Waals surface area contributed by atoms with Gasteiger partial charge in [-0.15, -0.1) is 11.3 Å².